The molecule has 104 valence electrons. The van der Waals surface area contributed by atoms with Crippen molar-refractivity contribution in [1.82, 2.24) is 0 Å². The highest BCUT2D eigenvalue weighted by Crippen LogP contribution is 2.32. The zero-order valence-corrected chi connectivity index (χ0v) is 11.5. The number of nitrogens with zero attached hydrogens (tertiary/aromatic N) is 1. The van der Waals surface area contributed by atoms with Gasteiger partial charge in [-0.3, -0.25) is 4.79 Å². The van der Waals surface area contributed by atoms with Crippen molar-refractivity contribution in [2.24, 2.45) is 17.4 Å². The molecule has 0 heterocycles. The fraction of sp³-hybridized carbons (Fsp3) is 0.533. The molecule has 1 aliphatic carbocycles. The van der Waals surface area contributed by atoms with Crippen LogP contribution in [0.1, 0.15) is 36.5 Å². The summed E-state index contributed by atoms with van der Waals surface area (Å²) in [5.74, 6) is 0.200. The molecule has 2 rings (SSSR count). The van der Waals surface area contributed by atoms with E-state index in [2.05, 4.69) is 11.8 Å². The maximum absolute atomic E-state index is 11.1. The fourth-order valence-corrected chi connectivity index (χ4v) is 3.13. The van der Waals surface area contributed by atoms with Crippen molar-refractivity contribution in [2.45, 2.75) is 32.2 Å². The Hall–Kier alpha value is -1.55. The van der Waals surface area contributed by atoms with Gasteiger partial charge in [-0.15, -0.1) is 0 Å². The first-order valence-electron chi connectivity index (χ1n) is 7.04. The van der Waals surface area contributed by atoms with Crippen LogP contribution in [-0.4, -0.2) is 25.0 Å². The van der Waals surface area contributed by atoms with Gasteiger partial charge in [0.15, 0.2) is 0 Å². The summed E-state index contributed by atoms with van der Waals surface area (Å²) >= 11 is 0. The summed E-state index contributed by atoms with van der Waals surface area (Å²) in [6.07, 6.45) is 3.67. The number of benzene rings is 1. The van der Waals surface area contributed by atoms with Crippen LogP contribution in [-0.2, 0) is 0 Å². The number of hydrogen-bond acceptors (Lipinski definition) is 3. The first-order chi connectivity index (χ1) is 9.17. The number of rotatable bonds is 5. The topological polar surface area (TPSA) is 72.3 Å². The molecule has 4 heteroatoms. The molecule has 4 N–H and O–H groups in total. The Morgan fingerprint density at radius 2 is 2.00 bits per heavy atom. The SMILES string of the molecule is CCN(c1ccc(C(N)=O)cc1)C1CCCC1CN. The van der Waals surface area contributed by atoms with Crippen LogP contribution >= 0.6 is 0 Å². The fourth-order valence-electron chi connectivity index (χ4n) is 3.13. The van der Waals surface area contributed by atoms with E-state index < -0.39 is 0 Å². The van der Waals surface area contributed by atoms with Crippen LogP contribution < -0.4 is 16.4 Å². The third-order valence-electron chi connectivity index (χ3n) is 4.15. The Bertz CT molecular complexity index is 430. The van der Waals surface area contributed by atoms with Crippen molar-refractivity contribution in [3.8, 4) is 0 Å². The van der Waals surface area contributed by atoms with E-state index in [1.807, 2.05) is 12.1 Å². The van der Waals surface area contributed by atoms with Gasteiger partial charge in [0.2, 0.25) is 5.91 Å². The third kappa shape index (κ3) is 2.89. The van der Waals surface area contributed by atoms with Crippen LogP contribution in [0, 0.1) is 5.92 Å². The molecule has 2 atom stereocenters. The molecule has 1 fully saturated rings. The van der Waals surface area contributed by atoms with E-state index in [4.69, 9.17) is 11.5 Å². The molecule has 1 saturated carbocycles. The van der Waals surface area contributed by atoms with Gasteiger partial charge in [0.1, 0.15) is 0 Å². The molecule has 0 spiro atoms. The molecule has 4 nitrogen and oxygen atoms in total. The van der Waals surface area contributed by atoms with Gasteiger partial charge in [-0.1, -0.05) is 6.42 Å². The van der Waals surface area contributed by atoms with Gasteiger partial charge in [0, 0.05) is 23.8 Å². The first kappa shape index (κ1) is 13.9. The largest absolute Gasteiger partial charge is 0.368 e. The van der Waals surface area contributed by atoms with Crippen LogP contribution in [0.25, 0.3) is 0 Å². The molecule has 0 saturated heterocycles. The Morgan fingerprint density at radius 1 is 1.32 bits per heavy atom. The predicted molar refractivity (Wildman–Crippen MR) is 78.2 cm³/mol. The lowest BCUT2D eigenvalue weighted by Crippen LogP contribution is -2.40. The number of anilines is 1. The average molecular weight is 261 g/mol. The monoisotopic (exact) mass is 261 g/mol. The van der Waals surface area contributed by atoms with Gasteiger partial charge in [-0.25, -0.2) is 0 Å². The van der Waals surface area contributed by atoms with Gasteiger partial charge in [-0.05, 0) is 56.5 Å². The molecule has 1 aromatic rings. The van der Waals surface area contributed by atoms with Crippen molar-refractivity contribution >= 4 is 11.6 Å². The molecule has 1 aliphatic rings. The lowest BCUT2D eigenvalue weighted by atomic mass is 10.0. The molecular formula is C15H23N3O. The van der Waals surface area contributed by atoms with Crippen LogP contribution in [0.4, 0.5) is 5.69 Å². The summed E-state index contributed by atoms with van der Waals surface area (Å²) in [7, 11) is 0. The summed E-state index contributed by atoms with van der Waals surface area (Å²) in [5, 5.41) is 0. The van der Waals surface area contributed by atoms with Crippen molar-refractivity contribution in [1.29, 1.82) is 0 Å². The van der Waals surface area contributed by atoms with Gasteiger partial charge < -0.3 is 16.4 Å². The lowest BCUT2D eigenvalue weighted by Gasteiger charge is -2.34. The van der Waals surface area contributed by atoms with Gasteiger partial charge >= 0.3 is 0 Å². The van der Waals surface area contributed by atoms with Crippen molar-refractivity contribution in [3.63, 3.8) is 0 Å². The Morgan fingerprint density at radius 3 is 2.53 bits per heavy atom. The number of carbonyl (C=O) groups is 1. The van der Waals surface area contributed by atoms with Crippen molar-refractivity contribution < 1.29 is 4.79 Å². The molecule has 0 bridgehead atoms. The van der Waals surface area contributed by atoms with Crippen LogP contribution in [0.2, 0.25) is 0 Å². The molecule has 1 aromatic carbocycles. The number of hydrogen-bond donors (Lipinski definition) is 2. The van der Waals surface area contributed by atoms with Crippen molar-refractivity contribution in [3.05, 3.63) is 29.8 Å². The molecule has 0 aliphatic heterocycles. The molecule has 0 aromatic heterocycles. The van der Waals surface area contributed by atoms with Crippen LogP contribution in [0.15, 0.2) is 24.3 Å². The van der Waals surface area contributed by atoms with E-state index in [0.717, 1.165) is 18.8 Å². The van der Waals surface area contributed by atoms with E-state index in [1.165, 1.54) is 19.3 Å². The minimum atomic E-state index is -0.379. The number of carbonyl (C=O) groups excluding carboxylic acids is 1. The maximum atomic E-state index is 11.1. The lowest BCUT2D eigenvalue weighted by molar-refractivity contribution is 0.100. The number of nitrogens with two attached hydrogens (primary N) is 2. The summed E-state index contributed by atoms with van der Waals surface area (Å²) in [4.78, 5) is 13.5. The standard InChI is InChI=1S/C15H23N3O/c1-2-18(14-5-3-4-12(14)10-16)13-8-6-11(7-9-13)15(17)19/h6-9,12,14H,2-5,10,16H2,1H3,(H2,17,19). The molecule has 19 heavy (non-hydrogen) atoms. The first-order valence-corrected chi connectivity index (χ1v) is 7.04. The average Bonchev–Trinajstić information content (AvgIpc) is 2.88. The second-order valence-electron chi connectivity index (χ2n) is 5.19. The van der Waals surface area contributed by atoms with Gasteiger partial charge in [-0.2, -0.15) is 0 Å². The summed E-state index contributed by atoms with van der Waals surface area (Å²) in [5.41, 5.74) is 12.8. The molecule has 0 radical (unpaired) electrons. The van der Waals surface area contributed by atoms with E-state index in [9.17, 15) is 4.79 Å². The Labute approximate surface area is 114 Å². The van der Waals surface area contributed by atoms with E-state index in [1.54, 1.807) is 12.1 Å². The van der Waals surface area contributed by atoms with Crippen LogP contribution in [0.3, 0.4) is 0 Å². The predicted octanol–water partition coefficient (Wildman–Crippen LogP) is 1.74. The van der Waals surface area contributed by atoms with Gasteiger partial charge in [0.25, 0.3) is 0 Å². The normalized spacial score (nSPS) is 22.4. The molecule has 1 amide bonds. The van der Waals surface area contributed by atoms with Gasteiger partial charge in [0.05, 0.1) is 0 Å². The quantitative estimate of drug-likeness (QED) is 0.848. The second kappa shape index (κ2) is 6.06. The third-order valence-corrected chi connectivity index (χ3v) is 4.15. The summed E-state index contributed by atoms with van der Waals surface area (Å²) in [6, 6.07) is 8.08. The number of primary amides is 1. The summed E-state index contributed by atoms with van der Waals surface area (Å²) in [6.45, 7) is 3.87. The maximum Gasteiger partial charge on any atom is 0.248 e. The van der Waals surface area contributed by atoms with Crippen molar-refractivity contribution in [2.75, 3.05) is 18.0 Å². The Balaban J connectivity index is 2.19. The highest BCUT2D eigenvalue weighted by Gasteiger charge is 2.30. The number of amides is 1. The van der Waals surface area contributed by atoms with E-state index >= 15 is 0 Å². The highest BCUT2D eigenvalue weighted by atomic mass is 16.1. The highest BCUT2D eigenvalue weighted by molar-refractivity contribution is 5.93. The van der Waals surface area contributed by atoms with E-state index in [-0.39, 0.29) is 5.91 Å². The minimum absolute atomic E-state index is 0.379. The van der Waals surface area contributed by atoms with Crippen LogP contribution in [0.5, 0.6) is 0 Å². The molecule has 2 unspecified atom stereocenters. The zero-order chi connectivity index (χ0) is 13.8. The smallest absolute Gasteiger partial charge is 0.248 e. The summed E-state index contributed by atoms with van der Waals surface area (Å²) < 4.78 is 0. The zero-order valence-electron chi connectivity index (χ0n) is 11.5. The van der Waals surface area contributed by atoms with E-state index in [0.29, 0.717) is 17.5 Å². The molecular weight excluding hydrogens is 238 g/mol. The Kier molecular flexibility index (Phi) is 4.43. The minimum Gasteiger partial charge on any atom is -0.368 e. The second-order valence-corrected chi connectivity index (χ2v) is 5.19.